The van der Waals surface area contributed by atoms with Gasteiger partial charge in [-0.3, -0.25) is 14.5 Å². The highest BCUT2D eigenvalue weighted by molar-refractivity contribution is 6.10. The Kier molecular flexibility index (Phi) is 5.93. The van der Waals surface area contributed by atoms with Crippen LogP contribution in [0.2, 0.25) is 0 Å². The summed E-state index contributed by atoms with van der Waals surface area (Å²) in [5, 5.41) is 5.61. The monoisotopic (exact) mass is 421 g/mol. The second kappa shape index (κ2) is 8.79. The maximum atomic E-state index is 13.0. The van der Waals surface area contributed by atoms with Crippen molar-refractivity contribution < 1.29 is 19.1 Å². The zero-order valence-electron chi connectivity index (χ0n) is 17.6. The van der Waals surface area contributed by atoms with Gasteiger partial charge in [0.05, 0.1) is 0 Å². The summed E-state index contributed by atoms with van der Waals surface area (Å²) in [5.41, 5.74) is 0.788. The van der Waals surface area contributed by atoms with Crippen LogP contribution < -0.4 is 15.4 Å². The minimum absolute atomic E-state index is 0.0641. The Morgan fingerprint density at radius 1 is 1.13 bits per heavy atom. The van der Waals surface area contributed by atoms with E-state index >= 15 is 0 Å². The van der Waals surface area contributed by atoms with Gasteiger partial charge in [0.15, 0.2) is 0 Å². The fourth-order valence-corrected chi connectivity index (χ4v) is 4.36. The lowest BCUT2D eigenvalue weighted by molar-refractivity contribution is -0.136. The van der Waals surface area contributed by atoms with Gasteiger partial charge in [0.25, 0.3) is 5.91 Å². The topological polar surface area (TPSA) is 87.7 Å². The van der Waals surface area contributed by atoms with Crippen molar-refractivity contribution in [2.24, 2.45) is 5.92 Å². The Morgan fingerprint density at radius 3 is 2.58 bits per heavy atom. The van der Waals surface area contributed by atoms with Gasteiger partial charge in [-0.05, 0) is 48.6 Å². The quantitative estimate of drug-likeness (QED) is 0.696. The van der Waals surface area contributed by atoms with Crippen molar-refractivity contribution in [1.29, 1.82) is 0 Å². The number of carbonyl (C=O) groups is 3. The number of imide groups is 1. The SMILES string of the molecule is CC1CCCCC12NC(=O)N(CC(=O)Nc1ccc(OCc3ccccc3)cc1)C2=O. The second-order valence-electron chi connectivity index (χ2n) is 8.29. The molecule has 0 aromatic heterocycles. The number of rotatable bonds is 6. The lowest BCUT2D eigenvalue weighted by atomic mass is 9.73. The molecule has 1 aliphatic heterocycles. The van der Waals surface area contributed by atoms with Crippen molar-refractivity contribution in [2.45, 2.75) is 44.8 Å². The Bertz CT molecular complexity index is 961. The van der Waals surface area contributed by atoms with Gasteiger partial charge in [0, 0.05) is 5.69 Å². The average molecular weight is 421 g/mol. The van der Waals surface area contributed by atoms with E-state index in [1.807, 2.05) is 37.3 Å². The number of ether oxygens (including phenoxy) is 1. The molecule has 2 aromatic rings. The smallest absolute Gasteiger partial charge is 0.325 e. The van der Waals surface area contributed by atoms with Crippen LogP contribution in [0.3, 0.4) is 0 Å². The molecule has 7 nitrogen and oxygen atoms in total. The van der Waals surface area contributed by atoms with Crippen LogP contribution in [0.1, 0.15) is 38.2 Å². The molecule has 7 heteroatoms. The van der Waals surface area contributed by atoms with Crippen molar-refractivity contribution in [3.8, 4) is 5.75 Å². The van der Waals surface area contributed by atoms with Crippen molar-refractivity contribution in [3.05, 3.63) is 60.2 Å². The third-order valence-corrected chi connectivity index (χ3v) is 6.19. The summed E-state index contributed by atoms with van der Waals surface area (Å²) in [4.78, 5) is 38.9. The van der Waals surface area contributed by atoms with Gasteiger partial charge in [-0.15, -0.1) is 0 Å². The normalized spacial score (nSPS) is 23.0. The zero-order valence-corrected chi connectivity index (χ0v) is 17.6. The maximum Gasteiger partial charge on any atom is 0.325 e. The zero-order chi connectivity index (χ0) is 21.8. The molecule has 2 atom stereocenters. The van der Waals surface area contributed by atoms with Crippen LogP contribution in [0.15, 0.2) is 54.6 Å². The third kappa shape index (κ3) is 4.40. The fourth-order valence-electron chi connectivity index (χ4n) is 4.36. The molecule has 1 saturated heterocycles. The van der Waals surface area contributed by atoms with Gasteiger partial charge < -0.3 is 15.4 Å². The van der Waals surface area contributed by atoms with Crippen LogP contribution in [0.5, 0.6) is 5.75 Å². The summed E-state index contributed by atoms with van der Waals surface area (Å²) in [6, 6.07) is 16.4. The predicted molar refractivity (Wildman–Crippen MR) is 116 cm³/mol. The molecule has 1 aliphatic carbocycles. The number of hydrogen-bond acceptors (Lipinski definition) is 4. The summed E-state index contributed by atoms with van der Waals surface area (Å²) in [6.45, 7) is 2.15. The van der Waals surface area contributed by atoms with E-state index in [2.05, 4.69) is 10.6 Å². The highest BCUT2D eigenvalue weighted by Crippen LogP contribution is 2.38. The van der Waals surface area contributed by atoms with Crippen LogP contribution in [-0.2, 0) is 16.2 Å². The average Bonchev–Trinajstić information content (AvgIpc) is 3.01. The van der Waals surface area contributed by atoms with E-state index in [0.717, 1.165) is 29.7 Å². The number of carbonyl (C=O) groups excluding carboxylic acids is 3. The highest BCUT2D eigenvalue weighted by Gasteiger charge is 2.55. The standard InChI is InChI=1S/C24H27N3O4/c1-17-7-5-6-14-24(17)22(29)27(23(30)26-24)15-21(28)25-19-10-12-20(13-11-19)31-16-18-8-3-2-4-9-18/h2-4,8-13,17H,5-7,14-16H2,1H3,(H,25,28)(H,26,30). The molecule has 2 fully saturated rings. The van der Waals surface area contributed by atoms with E-state index in [1.165, 1.54) is 0 Å². The Morgan fingerprint density at radius 2 is 1.87 bits per heavy atom. The summed E-state index contributed by atoms with van der Waals surface area (Å²) < 4.78 is 5.74. The number of nitrogens with one attached hydrogen (secondary N) is 2. The summed E-state index contributed by atoms with van der Waals surface area (Å²) in [6.07, 6.45) is 3.47. The van der Waals surface area contributed by atoms with Gasteiger partial charge in [0.2, 0.25) is 5.91 Å². The van der Waals surface area contributed by atoms with Crippen LogP contribution in [0.4, 0.5) is 10.5 Å². The molecule has 162 valence electrons. The first kappa shape index (κ1) is 20.9. The molecule has 1 spiro atoms. The maximum absolute atomic E-state index is 13.0. The number of anilines is 1. The molecule has 4 rings (SSSR count). The minimum atomic E-state index is -0.854. The molecular weight excluding hydrogens is 394 g/mol. The van der Waals surface area contributed by atoms with E-state index in [1.54, 1.807) is 24.3 Å². The molecule has 2 aliphatic rings. The van der Waals surface area contributed by atoms with E-state index in [-0.39, 0.29) is 18.4 Å². The molecule has 0 radical (unpaired) electrons. The van der Waals surface area contributed by atoms with Crippen molar-refractivity contribution in [3.63, 3.8) is 0 Å². The third-order valence-electron chi connectivity index (χ3n) is 6.19. The number of hydrogen-bond donors (Lipinski definition) is 2. The summed E-state index contributed by atoms with van der Waals surface area (Å²) in [7, 11) is 0. The molecular formula is C24H27N3O4. The van der Waals surface area contributed by atoms with Crippen LogP contribution in [-0.4, -0.2) is 34.8 Å². The second-order valence-corrected chi connectivity index (χ2v) is 8.29. The number of urea groups is 1. The summed E-state index contributed by atoms with van der Waals surface area (Å²) >= 11 is 0. The molecule has 2 aromatic carbocycles. The summed E-state index contributed by atoms with van der Waals surface area (Å²) in [5.74, 6) is 0.0462. The molecule has 1 heterocycles. The number of nitrogens with zero attached hydrogens (tertiary/aromatic N) is 1. The lowest BCUT2D eigenvalue weighted by Gasteiger charge is -2.36. The molecule has 2 N–H and O–H groups in total. The van der Waals surface area contributed by atoms with Gasteiger partial charge in [-0.25, -0.2) is 4.79 Å². The van der Waals surface area contributed by atoms with Gasteiger partial charge in [-0.1, -0.05) is 50.1 Å². The molecule has 0 bridgehead atoms. The Hall–Kier alpha value is -3.35. The molecule has 1 saturated carbocycles. The predicted octanol–water partition coefficient (Wildman–Crippen LogP) is 3.70. The van der Waals surface area contributed by atoms with Crippen molar-refractivity contribution >= 4 is 23.5 Å². The van der Waals surface area contributed by atoms with Gasteiger partial charge in [0.1, 0.15) is 24.4 Å². The van der Waals surface area contributed by atoms with Crippen LogP contribution in [0.25, 0.3) is 0 Å². The largest absolute Gasteiger partial charge is 0.489 e. The molecule has 4 amide bonds. The van der Waals surface area contributed by atoms with E-state index in [9.17, 15) is 14.4 Å². The van der Waals surface area contributed by atoms with Gasteiger partial charge >= 0.3 is 6.03 Å². The van der Waals surface area contributed by atoms with Crippen molar-refractivity contribution in [1.82, 2.24) is 10.2 Å². The molecule has 2 unspecified atom stereocenters. The van der Waals surface area contributed by atoms with Crippen LogP contribution >= 0.6 is 0 Å². The fraction of sp³-hybridized carbons (Fsp3) is 0.375. The first-order chi connectivity index (χ1) is 15.0. The number of benzene rings is 2. The number of amides is 4. The highest BCUT2D eigenvalue weighted by atomic mass is 16.5. The van der Waals surface area contributed by atoms with E-state index in [4.69, 9.17) is 4.74 Å². The van der Waals surface area contributed by atoms with Gasteiger partial charge in [-0.2, -0.15) is 0 Å². The minimum Gasteiger partial charge on any atom is -0.489 e. The van der Waals surface area contributed by atoms with E-state index in [0.29, 0.717) is 24.5 Å². The van der Waals surface area contributed by atoms with E-state index < -0.39 is 17.5 Å². The first-order valence-electron chi connectivity index (χ1n) is 10.7. The van der Waals surface area contributed by atoms with Crippen LogP contribution in [0, 0.1) is 5.92 Å². The Labute approximate surface area is 181 Å². The first-order valence-corrected chi connectivity index (χ1v) is 10.7. The molecule has 31 heavy (non-hydrogen) atoms. The lowest BCUT2D eigenvalue weighted by Crippen LogP contribution is -2.54. The van der Waals surface area contributed by atoms with Crippen molar-refractivity contribution in [2.75, 3.05) is 11.9 Å². The Balaban J connectivity index is 1.32.